The number of carbonyl (C=O) groups excluding carboxylic acids is 1. The second kappa shape index (κ2) is 4.28. The molecule has 4 nitrogen and oxygen atoms in total. The second-order valence-electron chi connectivity index (χ2n) is 3.59. The highest BCUT2D eigenvalue weighted by molar-refractivity contribution is 5.93. The van der Waals surface area contributed by atoms with Crippen molar-refractivity contribution in [2.75, 3.05) is 13.1 Å². The molecule has 1 aromatic heterocycles. The number of hydrazine groups is 1. The zero-order valence-electron chi connectivity index (χ0n) is 8.12. The molecule has 0 unspecified atom stereocenters. The van der Waals surface area contributed by atoms with Crippen LogP contribution >= 0.6 is 0 Å². The van der Waals surface area contributed by atoms with E-state index >= 15 is 0 Å². The molecule has 0 atom stereocenters. The highest BCUT2D eigenvalue weighted by Crippen LogP contribution is 2.06. The van der Waals surface area contributed by atoms with Gasteiger partial charge in [0.15, 0.2) is 0 Å². The Bertz CT molecular complexity index is 288. The maximum absolute atomic E-state index is 11.6. The van der Waals surface area contributed by atoms with E-state index in [0.29, 0.717) is 5.56 Å². The fourth-order valence-corrected chi connectivity index (χ4v) is 1.68. The van der Waals surface area contributed by atoms with Crippen molar-refractivity contribution in [2.24, 2.45) is 0 Å². The Kier molecular flexibility index (Phi) is 2.84. The van der Waals surface area contributed by atoms with Crippen molar-refractivity contribution < 1.29 is 4.79 Å². The smallest absolute Gasteiger partial charge is 0.267 e. The van der Waals surface area contributed by atoms with Crippen LogP contribution in [0.1, 0.15) is 29.6 Å². The van der Waals surface area contributed by atoms with Crippen molar-refractivity contribution >= 4 is 5.91 Å². The molecule has 1 aliphatic heterocycles. The summed E-state index contributed by atoms with van der Waals surface area (Å²) >= 11 is 0. The standard InChI is InChI=1S/C10H15N3O/c14-10(9-4-5-11-8-9)12-13-6-2-1-3-7-13/h4-5,8,11H,1-3,6-7H2,(H,12,14). The highest BCUT2D eigenvalue weighted by Gasteiger charge is 2.13. The Balaban J connectivity index is 1.87. The van der Waals surface area contributed by atoms with E-state index in [-0.39, 0.29) is 5.91 Å². The van der Waals surface area contributed by atoms with Gasteiger partial charge in [-0.3, -0.25) is 10.2 Å². The molecule has 0 saturated carbocycles. The predicted molar refractivity (Wildman–Crippen MR) is 53.7 cm³/mol. The van der Waals surface area contributed by atoms with Crippen LogP contribution in [0.4, 0.5) is 0 Å². The third-order valence-corrected chi connectivity index (χ3v) is 2.48. The van der Waals surface area contributed by atoms with Crippen molar-refractivity contribution in [3.05, 3.63) is 24.0 Å². The number of rotatable bonds is 2. The molecule has 2 rings (SSSR count). The first kappa shape index (κ1) is 9.27. The molecule has 2 heterocycles. The van der Waals surface area contributed by atoms with Crippen LogP contribution in [0.15, 0.2) is 18.5 Å². The lowest BCUT2D eigenvalue weighted by Crippen LogP contribution is -2.44. The number of hydrogen-bond acceptors (Lipinski definition) is 2. The summed E-state index contributed by atoms with van der Waals surface area (Å²) in [5, 5.41) is 2.00. The molecule has 1 aliphatic rings. The van der Waals surface area contributed by atoms with Gasteiger partial charge < -0.3 is 4.98 Å². The Morgan fingerprint density at radius 1 is 1.36 bits per heavy atom. The van der Waals surface area contributed by atoms with Gasteiger partial charge in [0.1, 0.15) is 0 Å². The average molecular weight is 193 g/mol. The van der Waals surface area contributed by atoms with Crippen LogP contribution in [-0.4, -0.2) is 29.0 Å². The van der Waals surface area contributed by atoms with Gasteiger partial charge in [0.2, 0.25) is 0 Å². The largest absolute Gasteiger partial charge is 0.367 e. The molecule has 76 valence electrons. The summed E-state index contributed by atoms with van der Waals surface area (Å²) in [6.45, 7) is 1.94. The summed E-state index contributed by atoms with van der Waals surface area (Å²) < 4.78 is 0. The number of amides is 1. The maximum atomic E-state index is 11.6. The molecule has 0 aromatic carbocycles. The van der Waals surface area contributed by atoms with Gasteiger partial charge in [0, 0.05) is 25.5 Å². The van der Waals surface area contributed by atoms with Gasteiger partial charge in [-0.15, -0.1) is 0 Å². The summed E-state index contributed by atoms with van der Waals surface area (Å²) in [6, 6.07) is 1.78. The second-order valence-corrected chi connectivity index (χ2v) is 3.59. The number of H-pyrrole nitrogens is 1. The minimum atomic E-state index is -0.0202. The molecule has 0 radical (unpaired) electrons. The van der Waals surface area contributed by atoms with E-state index in [1.165, 1.54) is 19.3 Å². The van der Waals surface area contributed by atoms with E-state index in [1.54, 1.807) is 18.5 Å². The maximum Gasteiger partial charge on any atom is 0.267 e. The van der Waals surface area contributed by atoms with Crippen molar-refractivity contribution in [2.45, 2.75) is 19.3 Å². The van der Waals surface area contributed by atoms with Gasteiger partial charge in [-0.2, -0.15) is 0 Å². The summed E-state index contributed by atoms with van der Waals surface area (Å²) in [6.07, 6.45) is 7.09. The number of aromatic nitrogens is 1. The molecule has 4 heteroatoms. The molecule has 1 saturated heterocycles. The van der Waals surface area contributed by atoms with Crippen LogP contribution < -0.4 is 5.43 Å². The number of aromatic amines is 1. The number of nitrogens with zero attached hydrogens (tertiary/aromatic N) is 1. The molecule has 0 aliphatic carbocycles. The topological polar surface area (TPSA) is 48.1 Å². The zero-order chi connectivity index (χ0) is 9.80. The fourth-order valence-electron chi connectivity index (χ4n) is 1.68. The van der Waals surface area contributed by atoms with Crippen molar-refractivity contribution in [3.63, 3.8) is 0 Å². The van der Waals surface area contributed by atoms with Crippen molar-refractivity contribution in [1.82, 2.24) is 15.4 Å². The number of carbonyl (C=O) groups is 1. The molecular formula is C10H15N3O. The fraction of sp³-hybridized carbons (Fsp3) is 0.500. The van der Waals surface area contributed by atoms with E-state index in [2.05, 4.69) is 10.4 Å². The van der Waals surface area contributed by atoms with Gasteiger partial charge in [-0.25, -0.2) is 5.01 Å². The summed E-state index contributed by atoms with van der Waals surface area (Å²) in [4.78, 5) is 14.5. The third-order valence-electron chi connectivity index (χ3n) is 2.48. The lowest BCUT2D eigenvalue weighted by Gasteiger charge is -2.26. The Morgan fingerprint density at radius 2 is 2.14 bits per heavy atom. The molecule has 0 spiro atoms. The number of nitrogens with one attached hydrogen (secondary N) is 2. The summed E-state index contributed by atoms with van der Waals surface area (Å²) in [5.41, 5.74) is 3.59. The number of hydrogen-bond donors (Lipinski definition) is 2. The summed E-state index contributed by atoms with van der Waals surface area (Å²) in [5.74, 6) is -0.0202. The average Bonchev–Trinajstić information content (AvgIpc) is 2.72. The SMILES string of the molecule is O=C(NN1CCCCC1)c1cc[nH]c1. The predicted octanol–water partition coefficient (Wildman–Crippen LogP) is 1.15. The molecule has 1 aromatic rings. The van der Waals surface area contributed by atoms with Gasteiger partial charge in [0.05, 0.1) is 5.56 Å². The van der Waals surface area contributed by atoms with Gasteiger partial charge in [0.25, 0.3) is 5.91 Å². The van der Waals surface area contributed by atoms with Crippen LogP contribution in [0.2, 0.25) is 0 Å². The van der Waals surface area contributed by atoms with Gasteiger partial charge >= 0.3 is 0 Å². The first-order chi connectivity index (χ1) is 6.86. The number of piperidine rings is 1. The van der Waals surface area contributed by atoms with Crippen molar-refractivity contribution in [1.29, 1.82) is 0 Å². The first-order valence-corrected chi connectivity index (χ1v) is 5.05. The van der Waals surface area contributed by atoms with Crippen LogP contribution in [0.3, 0.4) is 0 Å². The molecule has 14 heavy (non-hydrogen) atoms. The first-order valence-electron chi connectivity index (χ1n) is 5.05. The highest BCUT2D eigenvalue weighted by atomic mass is 16.2. The van der Waals surface area contributed by atoms with Gasteiger partial charge in [-0.05, 0) is 18.9 Å². The van der Waals surface area contributed by atoms with E-state index in [0.717, 1.165) is 13.1 Å². The Labute approximate surface area is 83.3 Å². The van der Waals surface area contributed by atoms with Crippen LogP contribution in [0.5, 0.6) is 0 Å². The van der Waals surface area contributed by atoms with E-state index in [9.17, 15) is 4.79 Å². The van der Waals surface area contributed by atoms with Crippen LogP contribution in [-0.2, 0) is 0 Å². The minimum Gasteiger partial charge on any atom is -0.367 e. The Hall–Kier alpha value is -1.29. The Morgan fingerprint density at radius 3 is 2.79 bits per heavy atom. The molecular weight excluding hydrogens is 178 g/mol. The van der Waals surface area contributed by atoms with E-state index < -0.39 is 0 Å². The quantitative estimate of drug-likeness (QED) is 0.740. The lowest BCUT2D eigenvalue weighted by molar-refractivity contribution is 0.0750. The van der Waals surface area contributed by atoms with E-state index in [4.69, 9.17) is 0 Å². The minimum absolute atomic E-state index is 0.0202. The normalized spacial score (nSPS) is 18.0. The summed E-state index contributed by atoms with van der Waals surface area (Å²) in [7, 11) is 0. The van der Waals surface area contributed by atoms with E-state index in [1.807, 2.05) is 5.01 Å². The third kappa shape index (κ3) is 2.14. The lowest BCUT2D eigenvalue weighted by atomic mass is 10.2. The molecule has 1 fully saturated rings. The van der Waals surface area contributed by atoms with Gasteiger partial charge in [-0.1, -0.05) is 6.42 Å². The van der Waals surface area contributed by atoms with Crippen molar-refractivity contribution in [3.8, 4) is 0 Å². The molecule has 2 N–H and O–H groups in total. The van der Waals surface area contributed by atoms with Crippen LogP contribution in [0.25, 0.3) is 0 Å². The van der Waals surface area contributed by atoms with Crippen LogP contribution in [0, 0.1) is 0 Å². The monoisotopic (exact) mass is 193 g/mol. The zero-order valence-corrected chi connectivity index (χ0v) is 8.12. The molecule has 0 bridgehead atoms. The molecule has 1 amide bonds.